The molecule has 110 valence electrons. The first-order chi connectivity index (χ1) is 9.83. The first-order valence-electron chi connectivity index (χ1n) is 7.64. The predicted octanol–water partition coefficient (Wildman–Crippen LogP) is 1.97. The van der Waals surface area contributed by atoms with Crippen LogP contribution in [0.5, 0.6) is 0 Å². The fraction of sp³-hybridized carbons (Fsp3) is 0.562. The summed E-state index contributed by atoms with van der Waals surface area (Å²) in [5.41, 5.74) is 2.76. The van der Waals surface area contributed by atoms with E-state index >= 15 is 0 Å². The first kappa shape index (κ1) is 14.9. The van der Waals surface area contributed by atoms with Crippen LogP contribution >= 0.6 is 0 Å². The molecule has 0 spiro atoms. The van der Waals surface area contributed by atoms with Crippen molar-refractivity contribution in [1.82, 2.24) is 15.5 Å². The summed E-state index contributed by atoms with van der Waals surface area (Å²) in [5.74, 6) is 0.939. The summed E-state index contributed by atoms with van der Waals surface area (Å²) >= 11 is 0. The molecule has 2 rings (SSSR count). The van der Waals surface area contributed by atoms with E-state index in [1.54, 1.807) is 0 Å². The Bertz CT molecular complexity index is 438. The number of aliphatic imine (C=N–C) groups is 1. The molecule has 0 fully saturated rings. The Morgan fingerprint density at radius 3 is 2.60 bits per heavy atom. The minimum atomic E-state index is 0.837. The van der Waals surface area contributed by atoms with Gasteiger partial charge in [0.25, 0.3) is 0 Å². The van der Waals surface area contributed by atoms with E-state index in [-0.39, 0.29) is 0 Å². The SMILES string of the molecule is CCN(CC)Cc1ccccc1CNC1=NCCCN1. The van der Waals surface area contributed by atoms with Crippen molar-refractivity contribution in [1.29, 1.82) is 0 Å². The van der Waals surface area contributed by atoms with Gasteiger partial charge in [-0.15, -0.1) is 0 Å². The molecule has 4 heteroatoms. The first-order valence-corrected chi connectivity index (χ1v) is 7.64. The summed E-state index contributed by atoms with van der Waals surface area (Å²) in [6.07, 6.45) is 1.13. The van der Waals surface area contributed by atoms with E-state index in [2.05, 4.69) is 58.6 Å². The zero-order valence-electron chi connectivity index (χ0n) is 12.7. The lowest BCUT2D eigenvalue weighted by molar-refractivity contribution is 0.295. The van der Waals surface area contributed by atoms with E-state index in [1.165, 1.54) is 11.1 Å². The molecule has 1 aliphatic rings. The van der Waals surface area contributed by atoms with E-state index in [4.69, 9.17) is 0 Å². The van der Waals surface area contributed by atoms with Gasteiger partial charge in [-0.1, -0.05) is 38.1 Å². The lowest BCUT2D eigenvalue weighted by atomic mass is 10.1. The second kappa shape index (κ2) is 7.90. The zero-order chi connectivity index (χ0) is 14.2. The third kappa shape index (κ3) is 4.23. The topological polar surface area (TPSA) is 39.7 Å². The van der Waals surface area contributed by atoms with Crippen molar-refractivity contribution in [2.45, 2.75) is 33.4 Å². The molecule has 1 heterocycles. The van der Waals surface area contributed by atoms with Gasteiger partial charge in [0.1, 0.15) is 0 Å². The van der Waals surface area contributed by atoms with Crippen LogP contribution in [0.4, 0.5) is 0 Å². The summed E-state index contributed by atoms with van der Waals surface area (Å²) in [5, 5.41) is 6.71. The van der Waals surface area contributed by atoms with Gasteiger partial charge in [0.05, 0.1) is 0 Å². The summed E-state index contributed by atoms with van der Waals surface area (Å²) in [4.78, 5) is 6.89. The number of hydrogen-bond acceptors (Lipinski definition) is 4. The van der Waals surface area contributed by atoms with E-state index in [1.807, 2.05) is 0 Å². The number of guanidine groups is 1. The zero-order valence-corrected chi connectivity index (χ0v) is 12.7. The minimum absolute atomic E-state index is 0.837. The van der Waals surface area contributed by atoms with Gasteiger partial charge in [-0.05, 0) is 30.6 Å². The maximum atomic E-state index is 4.45. The molecule has 0 saturated carbocycles. The lowest BCUT2D eigenvalue weighted by Gasteiger charge is -2.21. The van der Waals surface area contributed by atoms with Crippen LogP contribution in [0.1, 0.15) is 31.4 Å². The number of hydrogen-bond donors (Lipinski definition) is 2. The Morgan fingerprint density at radius 2 is 1.95 bits per heavy atom. The molecule has 0 unspecified atom stereocenters. The minimum Gasteiger partial charge on any atom is -0.356 e. The van der Waals surface area contributed by atoms with Crippen LogP contribution in [0.15, 0.2) is 29.3 Å². The molecule has 20 heavy (non-hydrogen) atoms. The quantitative estimate of drug-likeness (QED) is 0.833. The predicted molar refractivity (Wildman–Crippen MR) is 84.8 cm³/mol. The van der Waals surface area contributed by atoms with Crippen LogP contribution in [0, 0.1) is 0 Å². The van der Waals surface area contributed by atoms with Crippen molar-refractivity contribution in [3.63, 3.8) is 0 Å². The average Bonchev–Trinajstić information content (AvgIpc) is 2.52. The Kier molecular flexibility index (Phi) is 5.87. The van der Waals surface area contributed by atoms with Crippen LogP contribution in [0.2, 0.25) is 0 Å². The molecule has 2 N–H and O–H groups in total. The average molecular weight is 274 g/mol. The number of nitrogens with one attached hydrogen (secondary N) is 2. The van der Waals surface area contributed by atoms with Crippen molar-refractivity contribution in [3.05, 3.63) is 35.4 Å². The lowest BCUT2D eigenvalue weighted by Crippen LogP contribution is -2.40. The molecule has 1 aromatic carbocycles. The maximum Gasteiger partial charge on any atom is 0.191 e. The highest BCUT2D eigenvalue weighted by Crippen LogP contribution is 2.11. The summed E-state index contributed by atoms with van der Waals surface area (Å²) in [7, 11) is 0. The molecule has 0 radical (unpaired) electrons. The molecule has 0 bridgehead atoms. The monoisotopic (exact) mass is 274 g/mol. The van der Waals surface area contributed by atoms with Gasteiger partial charge in [0.2, 0.25) is 0 Å². The van der Waals surface area contributed by atoms with Crippen LogP contribution in [-0.2, 0) is 13.1 Å². The fourth-order valence-electron chi connectivity index (χ4n) is 2.40. The van der Waals surface area contributed by atoms with Crippen molar-refractivity contribution < 1.29 is 0 Å². The van der Waals surface area contributed by atoms with Crippen molar-refractivity contribution in [2.24, 2.45) is 4.99 Å². The smallest absolute Gasteiger partial charge is 0.191 e. The summed E-state index contributed by atoms with van der Waals surface area (Å²) in [6.45, 7) is 10.4. The Labute approximate surface area is 122 Å². The summed E-state index contributed by atoms with van der Waals surface area (Å²) < 4.78 is 0. The molecule has 4 nitrogen and oxygen atoms in total. The van der Waals surface area contributed by atoms with E-state index in [0.717, 1.165) is 51.6 Å². The van der Waals surface area contributed by atoms with Crippen molar-refractivity contribution in [2.75, 3.05) is 26.2 Å². The highest BCUT2D eigenvalue weighted by atomic mass is 15.2. The Hall–Kier alpha value is -1.55. The molecule has 0 aromatic heterocycles. The molecule has 0 amide bonds. The van der Waals surface area contributed by atoms with Gasteiger partial charge in [0, 0.05) is 26.2 Å². The van der Waals surface area contributed by atoms with Gasteiger partial charge in [-0.25, -0.2) is 0 Å². The van der Waals surface area contributed by atoms with Crippen molar-refractivity contribution in [3.8, 4) is 0 Å². The van der Waals surface area contributed by atoms with E-state index in [0.29, 0.717) is 0 Å². The van der Waals surface area contributed by atoms with Crippen LogP contribution < -0.4 is 10.6 Å². The third-order valence-electron chi connectivity index (χ3n) is 3.75. The molecular weight excluding hydrogens is 248 g/mol. The van der Waals surface area contributed by atoms with Gasteiger partial charge >= 0.3 is 0 Å². The van der Waals surface area contributed by atoms with Crippen LogP contribution in [0.25, 0.3) is 0 Å². The largest absolute Gasteiger partial charge is 0.356 e. The van der Waals surface area contributed by atoms with E-state index in [9.17, 15) is 0 Å². The third-order valence-corrected chi connectivity index (χ3v) is 3.75. The molecule has 0 aliphatic carbocycles. The fourth-order valence-corrected chi connectivity index (χ4v) is 2.40. The van der Waals surface area contributed by atoms with E-state index < -0.39 is 0 Å². The molecular formula is C16H26N4. The Morgan fingerprint density at radius 1 is 1.20 bits per heavy atom. The molecule has 0 atom stereocenters. The summed E-state index contributed by atoms with van der Waals surface area (Å²) in [6, 6.07) is 8.66. The number of benzene rings is 1. The van der Waals surface area contributed by atoms with Crippen LogP contribution in [0.3, 0.4) is 0 Å². The van der Waals surface area contributed by atoms with Gasteiger partial charge in [0.15, 0.2) is 5.96 Å². The number of nitrogens with zero attached hydrogens (tertiary/aromatic N) is 2. The Balaban J connectivity index is 1.98. The highest BCUT2D eigenvalue weighted by molar-refractivity contribution is 5.80. The molecule has 0 saturated heterocycles. The van der Waals surface area contributed by atoms with Crippen molar-refractivity contribution >= 4 is 5.96 Å². The highest BCUT2D eigenvalue weighted by Gasteiger charge is 2.08. The van der Waals surface area contributed by atoms with Gasteiger partial charge in [-0.2, -0.15) is 0 Å². The van der Waals surface area contributed by atoms with Gasteiger partial charge < -0.3 is 10.6 Å². The van der Waals surface area contributed by atoms with Crippen LogP contribution in [-0.4, -0.2) is 37.0 Å². The number of rotatable bonds is 6. The maximum absolute atomic E-state index is 4.45. The molecule has 1 aliphatic heterocycles. The molecule has 1 aromatic rings. The van der Waals surface area contributed by atoms with Gasteiger partial charge in [-0.3, -0.25) is 9.89 Å². The normalized spacial score (nSPS) is 14.8. The second-order valence-corrected chi connectivity index (χ2v) is 5.09. The standard InChI is InChI=1S/C16H26N4/c1-3-20(4-2)13-15-9-6-5-8-14(15)12-19-16-17-10-7-11-18-16/h5-6,8-9H,3-4,7,10-13H2,1-2H3,(H2,17,18,19). The second-order valence-electron chi connectivity index (χ2n) is 5.09.